The number of nitrogens with one attached hydrogen (secondary N) is 1. The minimum atomic E-state index is -3.80. The summed E-state index contributed by atoms with van der Waals surface area (Å²) in [6.07, 6.45) is 8.40. The molecule has 1 aliphatic rings. The first-order valence-corrected chi connectivity index (χ1v) is 30.8. The highest BCUT2D eigenvalue weighted by molar-refractivity contribution is 14.1. The zero-order chi connectivity index (χ0) is 56.0. The lowest BCUT2D eigenvalue weighted by atomic mass is 9.92. The Hall–Kier alpha value is -8.19. The molecule has 0 aliphatic heterocycles. The summed E-state index contributed by atoms with van der Waals surface area (Å²) < 4.78 is 60.4. The fraction of sp³-hybridized carbons (Fsp3) is 0.121. The number of nitrogens with two attached hydrogens (primary N) is 2. The number of hydrogen-bond donors (Lipinski definition) is 3. The van der Waals surface area contributed by atoms with Crippen LogP contribution < -0.4 is 11.5 Å². The van der Waals surface area contributed by atoms with E-state index < -0.39 is 20.0 Å². The molecule has 0 radical (unpaired) electrons. The molecule has 14 aromatic rings. The molecular formula is C66H57IN8O4S2. The van der Waals surface area contributed by atoms with Crippen molar-refractivity contribution in [3.63, 3.8) is 0 Å². The van der Waals surface area contributed by atoms with Gasteiger partial charge in [-0.25, -0.2) is 34.7 Å². The molecule has 2 unspecified atom stereocenters. The number of fused-ring (bicyclic) bond motifs is 12. The number of aryl methyl sites for hydroxylation is 2. The second kappa shape index (κ2) is 22.0. The summed E-state index contributed by atoms with van der Waals surface area (Å²) in [7, 11) is -7.47. The maximum Gasteiger partial charge on any atom is 0.268 e. The Bertz CT molecular complexity index is 4780. The maximum atomic E-state index is 13.8. The summed E-state index contributed by atoms with van der Waals surface area (Å²) in [5.41, 5.74) is 21.0. The third-order valence-electron chi connectivity index (χ3n) is 15.2. The number of aromatic nitrogens is 6. The first-order chi connectivity index (χ1) is 39.3. The van der Waals surface area contributed by atoms with E-state index in [0.29, 0.717) is 27.0 Å². The van der Waals surface area contributed by atoms with Gasteiger partial charge in [-0.1, -0.05) is 121 Å². The molecule has 15 heteroatoms. The molecule has 2 atom stereocenters. The molecule has 15 rings (SSSR count). The van der Waals surface area contributed by atoms with Crippen molar-refractivity contribution in [1.82, 2.24) is 27.5 Å². The molecule has 0 amide bonds. The monoisotopic (exact) mass is 1220 g/mol. The number of pyridine rings is 2. The van der Waals surface area contributed by atoms with E-state index in [4.69, 9.17) is 16.5 Å². The van der Waals surface area contributed by atoms with E-state index >= 15 is 0 Å². The highest BCUT2D eigenvalue weighted by atomic mass is 127. The number of benzene rings is 8. The average Bonchev–Trinajstić information content (AvgIpc) is 4.44. The molecule has 0 spiro atoms. The largest absolute Gasteiger partial charge is 0.339 e. The number of hydrogen-bond acceptors (Lipinski definition) is 8. The Morgan fingerprint density at radius 1 is 0.457 bits per heavy atom. The minimum Gasteiger partial charge on any atom is -0.339 e. The van der Waals surface area contributed by atoms with Crippen LogP contribution in [0, 0.1) is 17.4 Å². The summed E-state index contributed by atoms with van der Waals surface area (Å²) in [4.78, 5) is 12.8. The average molecular weight is 1220 g/mol. The summed E-state index contributed by atoms with van der Waals surface area (Å²) in [5, 5.41) is 8.31. The van der Waals surface area contributed by atoms with Crippen LogP contribution >= 0.6 is 22.6 Å². The molecule has 404 valence electrons. The van der Waals surface area contributed by atoms with Crippen LogP contribution in [0.25, 0.3) is 93.2 Å². The molecule has 6 aromatic heterocycles. The Balaban J connectivity index is 0.000000123. The van der Waals surface area contributed by atoms with Gasteiger partial charge in [-0.15, -0.1) is 0 Å². The highest BCUT2D eigenvalue weighted by Gasteiger charge is 2.26. The van der Waals surface area contributed by atoms with Crippen molar-refractivity contribution in [3.05, 3.63) is 233 Å². The Kier molecular flexibility index (Phi) is 14.5. The smallest absolute Gasteiger partial charge is 0.268 e. The van der Waals surface area contributed by atoms with Gasteiger partial charge in [0.15, 0.2) is 0 Å². The number of para-hydroxylation sites is 4. The van der Waals surface area contributed by atoms with Crippen molar-refractivity contribution in [1.29, 1.82) is 0 Å². The van der Waals surface area contributed by atoms with Gasteiger partial charge in [0.05, 0.1) is 37.4 Å². The molecular weight excluding hydrogens is 1160 g/mol. The van der Waals surface area contributed by atoms with E-state index in [0.717, 1.165) is 87.9 Å². The quantitative estimate of drug-likeness (QED) is 0.143. The molecule has 12 nitrogen and oxygen atoms in total. The highest BCUT2D eigenvalue weighted by Crippen LogP contribution is 2.38. The fourth-order valence-corrected chi connectivity index (χ4v) is 14.6. The third-order valence-corrected chi connectivity index (χ3v) is 19.3. The van der Waals surface area contributed by atoms with Gasteiger partial charge in [-0.2, -0.15) is 0 Å². The maximum absolute atomic E-state index is 13.8. The molecule has 1 aliphatic carbocycles. The van der Waals surface area contributed by atoms with Crippen molar-refractivity contribution in [3.8, 4) is 5.69 Å². The van der Waals surface area contributed by atoms with Crippen LogP contribution in [-0.2, 0) is 20.0 Å². The van der Waals surface area contributed by atoms with E-state index in [1.807, 2.05) is 153 Å². The number of nitrogens with zero attached hydrogens (tertiary/aromatic N) is 5. The third kappa shape index (κ3) is 10.0. The van der Waals surface area contributed by atoms with Crippen LogP contribution in [0.15, 0.2) is 228 Å². The van der Waals surface area contributed by atoms with Crippen LogP contribution in [-0.4, -0.2) is 56.4 Å². The standard InChI is InChI=1S/C30H21N3O2S.C19H14INO2S.C11H8N2.C6H14N2/c1-20-12-15-22(16-13-20)36(34,35)33-28-11-5-3-8-24(28)26-19-21(14-17-29(26)33)32-27-10-4-2-7-23(27)25-9-6-18-31-30(25)32;1-13-6-9-15(10-7-13)24(22,23)21-18-5-3-2-4-16(18)17-12-14(20)8-11-19(17)21;1-2-6-10-8(4-1)9-5-3-7-12-11(9)13-10;7-5-3-1-2-4-6(5)8/h2-19H,1H3;2-12H,1H3;1-7H,(H,12,13);5-6H,1-4,7-8H2. The lowest BCUT2D eigenvalue weighted by Crippen LogP contribution is -2.43. The van der Waals surface area contributed by atoms with Crippen LogP contribution in [0.3, 0.4) is 0 Å². The zero-order valence-electron chi connectivity index (χ0n) is 44.5. The zero-order valence-corrected chi connectivity index (χ0v) is 48.3. The summed E-state index contributed by atoms with van der Waals surface area (Å²) >= 11 is 2.25. The number of rotatable bonds is 5. The second-order valence-electron chi connectivity index (χ2n) is 20.5. The van der Waals surface area contributed by atoms with E-state index in [2.05, 4.69) is 79.6 Å². The summed E-state index contributed by atoms with van der Waals surface area (Å²) in [5.74, 6) is 0. The summed E-state index contributed by atoms with van der Waals surface area (Å²) in [6.45, 7) is 3.89. The molecule has 0 bridgehead atoms. The van der Waals surface area contributed by atoms with Crippen LogP contribution in [0.1, 0.15) is 36.8 Å². The minimum absolute atomic E-state index is 0.270. The fourth-order valence-electron chi connectivity index (χ4n) is 11.0. The van der Waals surface area contributed by atoms with Gasteiger partial charge in [0.2, 0.25) is 0 Å². The van der Waals surface area contributed by atoms with Gasteiger partial charge >= 0.3 is 0 Å². The summed E-state index contributed by atoms with van der Waals surface area (Å²) in [6, 6.07) is 66.2. The van der Waals surface area contributed by atoms with Gasteiger partial charge in [0, 0.05) is 82.3 Å². The predicted octanol–water partition coefficient (Wildman–Crippen LogP) is 14.7. The molecule has 1 fully saturated rings. The SMILES string of the molecule is Cc1ccc(S(=O)(=O)n2c3ccccc3c3cc(-n4c5ccccc5c5cccnc54)ccc32)cc1.Cc1ccc(S(=O)(=O)n2c3ccccc3c3cc(I)ccc32)cc1.NC1CCCCC1N.c1ccc2c(c1)[nH]c1ncccc12. The molecule has 1 saturated carbocycles. The van der Waals surface area contributed by atoms with Crippen molar-refractivity contribution < 1.29 is 16.8 Å². The second-order valence-corrected chi connectivity index (χ2v) is 25.3. The van der Waals surface area contributed by atoms with Gasteiger partial charge in [0.1, 0.15) is 11.3 Å². The van der Waals surface area contributed by atoms with E-state index in [1.165, 1.54) is 31.6 Å². The van der Waals surface area contributed by atoms with E-state index in [9.17, 15) is 16.8 Å². The van der Waals surface area contributed by atoms with Crippen LogP contribution in [0.5, 0.6) is 0 Å². The van der Waals surface area contributed by atoms with Crippen molar-refractivity contribution in [2.24, 2.45) is 11.5 Å². The van der Waals surface area contributed by atoms with E-state index in [1.54, 1.807) is 36.7 Å². The topological polar surface area (TPSA) is 177 Å². The van der Waals surface area contributed by atoms with Crippen molar-refractivity contribution in [2.75, 3.05) is 0 Å². The number of aromatic amines is 1. The first-order valence-electron chi connectivity index (χ1n) is 26.8. The molecule has 0 saturated heterocycles. The lowest BCUT2D eigenvalue weighted by molar-refractivity contribution is 0.385. The Morgan fingerprint density at radius 2 is 0.901 bits per heavy atom. The first kappa shape index (κ1) is 53.5. The Labute approximate surface area is 482 Å². The van der Waals surface area contributed by atoms with Crippen molar-refractivity contribution in [2.45, 2.75) is 61.4 Å². The molecule has 5 N–H and O–H groups in total. The normalized spacial score (nSPS) is 14.7. The molecule has 8 aromatic carbocycles. The van der Waals surface area contributed by atoms with Gasteiger partial charge < -0.3 is 16.5 Å². The molecule has 81 heavy (non-hydrogen) atoms. The lowest BCUT2D eigenvalue weighted by Gasteiger charge is -2.24. The van der Waals surface area contributed by atoms with Crippen LogP contribution in [0.2, 0.25) is 0 Å². The number of H-pyrrole nitrogens is 1. The molecule has 6 heterocycles. The van der Waals surface area contributed by atoms with Gasteiger partial charge in [-0.05, 0) is 158 Å². The predicted molar refractivity (Wildman–Crippen MR) is 339 cm³/mol. The number of halogens is 1. The van der Waals surface area contributed by atoms with Crippen LogP contribution in [0.4, 0.5) is 0 Å². The van der Waals surface area contributed by atoms with Crippen molar-refractivity contribution >= 4 is 130 Å². The Morgan fingerprint density at radius 3 is 1.47 bits per heavy atom. The van der Waals surface area contributed by atoms with Gasteiger partial charge in [0.25, 0.3) is 20.0 Å². The van der Waals surface area contributed by atoms with Gasteiger partial charge in [-0.3, -0.25) is 4.57 Å². The van der Waals surface area contributed by atoms with E-state index in [-0.39, 0.29) is 17.0 Å².